The molecule has 0 atom stereocenters. The van der Waals surface area contributed by atoms with Crippen LogP contribution < -0.4 is 5.32 Å². The van der Waals surface area contributed by atoms with Gasteiger partial charge >= 0.3 is 0 Å². The molecule has 158 valence electrons. The fraction of sp³-hybridized carbons (Fsp3) is 0.333. The lowest BCUT2D eigenvalue weighted by atomic mass is 9.91. The summed E-state index contributed by atoms with van der Waals surface area (Å²) in [5.41, 5.74) is 3.05. The van der Waals surface area contributed by atoms with Gasteiger partial charge in [0.15, 0.2) is 0 Å². The summed E-state index contributed by atoms with van der Waals surface area (Å²) in [7, 11) is 0. The van der Waals surface area contributed by atoms with Crippen LogP contribution in [0.1, 0.15) is 38.3 Å². The Kier molecular flexibility index (Phi) is 7.29. The highest BCUT2D eigenvalue weighted by Gasteiger charge is 2.28. The van der Waals surface area contributed by atoms with Gasteiger partial charge in [0.1, 0.15) is 0 Å². The molecule has 3 rings (SSSR count). The van der Waals surface area contributed by atoms with Crippen LogP contribution in [-0.2, 0) is 23.4 Å². The number of amides is 1. The minimum atomic E-state index is -0.191. The molecule has 1 amide bonds. The molecule has 1 N–H and O–H groups in total. The highest BCUT2D eigenvalue weighted by Crippen LogP contribution is 2.31. The van der Waals surface area contributed by atoms with Crippen molar-refractivity contribution in [1.29, 1.82) is 0 Å². The molecule has 0 aliphatic carbocycles. The molecule has 1 aromatic heterocycles. The number of nitrogens with one attached hydrogen (secondary N) is 1. The summed E-state index contributed by atoms with van der Waals surface area (Å²) in [5.74, 6) is -0.0640. The first-order valence-corrected chi connectivity index (χ1v) is 10.6. The number of benzene rings is 2. The van der Waals surface area contributed by atoms with E-state index in [4.69, 9.17) is 11.6 Å². The predicted octanol–water partition coefficient (Wildman–Crippen LogP) is 5.32. The molecule has 3 aromatic rings. The second-order valence-corrected chi connectivity index (χ2v) is 8.46. The van der Waals surface area contributed by atoms with E-state index in [0.29, 0.717) is 0 Å². The van der Waals surface area contributed by atoms with Crippen LogP contribution in [0.15, 0.2) is 67.3 Å². The number of hydrogen-bond donors (Lipinski definition) is 1. The van der Waals surface area contributed by atoms with E-state index >= 15 is 0 Å². The van der Waals surface area contributed by atoms with Crippen molar-refractivity contribution < 1.29 is 4.79 Å². The molecular weight excluding hydrogens is 396 g/mol. The van der Waals surface area contributed by atoms with Crippen LogP contribution in [0.5, 0.6) is 0 Å². The first kappa shape index (κ1) is 22.1. The van der Waals surface area contributed by atoms with E-state index in [1.807, 2.05) is 43.0 Å². The van der Waals surface area contributed by atoms with Gasteiger partial charge in [0.05, 0.1) is 6.33 Å². The number of imidazole rings is 1. The number of carbonyl (C=O) groups is 1. The van der Waals surface area contributed by atoms with E-state index < -0.39 is 0 Å². The number of halogens is 1. The second-order valence-electron chi connectivity index (χ2n) is 8.02. The largest absolute Gasteiger partial charge is 0.337 e. The van der Waals surface area contributed by atoms with Gasteiger partial charge in [0.25, 0.3) is 0 Å². The molecule has 6 heteroatoms. The normalized spacial score (nSPS) is 11.6. The van der Waals surface area contributed by atoms with Crippen LogP contribution in [-0.4, -0.2) is 26.9 Å². The zero-order valence-corrected chi connectivity index (χ0v) is 18.6. The summed E-state index contributed by atoms with van der Waals surface area (Å²) in [4.78, 5) is 17.9. The number of rotatable bonds is 9. The molecule has 0 radical (unpaired) electrons. The van der Waals surface area contributed by atoms with Gasteiger partial charge in [-0.25, -0.2) is 4.98 Å². The first-order chi connectivity index (χ1) is 14.3. The van der Waals surface area contributed by atoms with Crippen molar-refractivity contribution in [2.45, 2.75) is 45.8 Å². The van der Waals surface area contributed by atoms with Gasteiger partial charge in [-0.05, 0) is 55.7 Å². The lowest BCUT2D eigenvalue weighted by molar-refractivity contribution is -0.114. The van der Waals surface area contributed by atoms with Gasteiger partial charge in [-0.15, -0.1) is 0 Å². The van der Waals surface area contributed by atoms with E-state index in [9.17, 15) is 4.79 Å². The standard InChI is InChI=1S/C24H29ClN4O/c1-19(30)27-23-11-7-21(8-12-23)24(2,3)29(15-4-14-28-16-13-26-18-28)17-20-5-9-22(25)10-6-20/h5-13,16,18H,4,14-15,17H2,1-3H3,(H,27,30). The molecule has 0 saturated carbocycles. The van der Waals surface area contributed by atoms with Crippen LogP contribution in [0.2, 0.25) is 5.02 Å². The second kappa shape index (κ2) is 9.92. The Morgan fingerprint density at radius 2 is 1.83 bits per heavy atom. The third kappa shape index (κ3) is 5.94. The molecule has 0 spiro atoms. The Labute approximate surface area is 183 Å². The van der Waals surface area contributed by atoms with Gasteiger partial charge in [0.2, 0.25) is 5.91 Å². The molecule has 2 aromatic carbocycles. The molecule has 1 heterocycles. The molecule has 0 saturated heterocycles. The minimum absolute atomic E-state index is 0.0640. The van der Waals surface area contributed by atoms with Crippen LogP contribution in [0.25, 0.3) is 0 Å². The maximum atomic E-state index is 11.3. The zero-order chi connectivity index (χ0) is 21.6. The summed E-state index contributed by atoms with van der Waals surface area (Å²) in [6.07, 6.45) is 6.67. The number of anilines is 1. The minimum Gasteiger partial charge on any atom is -0.337 e. The lowest BCUT2D eigenvalue weighted by Crippen LogP contribution is -2.42. The van der Waals surface area contributed by atoms with Crippen molar-refractivity contribution in [2.75, 3.05) is 11.9 Å². The molecule has 0 bridgehead atoms. The van der Waals surface area contributed by atoms with E-state index in [-0.39, 0.29) is 11.4 Å². The number of carbonyl (C=O) groups excluding carboxylic acids is 1. The summed E-state index contributed by atoms with van der Waals surface area (Å²) in [5, 5.41) is 3.58. The SMILES string of the molecule is CC(=O)Nc1ccc(C(C)(C)N(CCCn2ccnc2)Cc2ccc(Cl)cc2)cc1. The smallest absolute Gasteiger partial charge is 0.221 e. The fourth-order valence-electron chi connectivity index (χ4n) is 3.58. The Morgan fingerprint density at radius 1 is 1.13 bits per heavy atom. The van der Waals surface area contributed by atoms with Crippen molar-refractivity contribution in [1.82, 2.24) is 14.5 Å². The van der Waals surface area contributed by atoms with Crippen LogP contribution in [0, 0.1) is 0 Å². The van der Waals surface area contributed by atoms with Gasteiger partial charge in [-0.1, -0.05) is 35.9 Å². The van der Waals surface area contributed by atoms with E-state index in [1.165, 1.54) is 18.1 Å². The van der Waals surface area contributed by atoms with Crippen molar-refractivity contribution >= 4 is 23.2 Å². The monoisotopic (exact) mass is 424 g/mol. The van der Waals surface area contributed by atoms with Crippen molar-refractivity contribution in [3.05, 3.63) is 83.4 Å². The molecule has 0 aliphatic heterocycles. The highest BCUT2D eigenvalue weighted by atomic mass is 35.5. The Morgan fingerprint density at radius 3 is 2.43 bits per heavy atom. The van der Waals surface area contributed by atoms with E-state index in [2.05, 4.69) is 57.9 Å². The quantitative estimate of drug-likeness (QED) is 0.505. The van der Waals surface area contributed by atoms with E-state index in [1.54, 1.807) is 0 Å². The average molecular weight is 425 g/mol. The fourth-order valence-corrected chi connectivity index (χ4v) is 3.70. The molecule has 0 fully saturated rings. The lowest BCUT2D eigenvalue weighted by Gasteiger charge is -2.39. The third-order valence-electron chi connectivity index (χ3n) is 5.39. The van der Waals surface area contributed by atoms with Gasteiger partial charge in [0, 0.05) is 55.2 Å². The summed E-state index contributed by atoms with van der Waals surface area (Å²) in [6.45, 7) is 8.69. The molecule has 5 nitrogen and oxygen atoms in total. The number of aromatic nitrogens is 2. The van der Waals surface area contributed by atoms with Crippen molar-refractivity contribution in [3.8, 4) is 0 Å². The maximum absolute atomic E-state index is 11.3. The number of hydrogen-bond acceptors (Lipinski definition) is 3. The van der Waals surface area contributed by atoms with E-state index in [0.717, 1.165) is 36.8 Å². The van der Waals surface area contributed by atoms with Crippen molar-refractivity contribution in [3.63, 3.8) is 0 Å². The average Bonchev–Trinajstić information content (AvgIpc) is 3.22. The molecule has 30 heavy (non-hydrogen) atoms. The van der Waals surface area contributed by atoms with Crippen LogP contribution in [0.4, 0.5) is 5.69 Å². The molecular formula is C24H29ClN4O. The summed E-state index contributed by atoms with van der Waals surface area (Å²) in [6, 6.07) is 16.2. The van der Waals surface area contributed by atoms with Gasteiger partial charge < -0.3 is 9.88 Å². The van der Waals surface area contributed by atoms with Crippen LogP contribution in [0.3, 0.4) is 0 Å². The number of nitrogens with zero attached hydrogens (tertiary/aromatic N) is 3. The van der Waals surface area contributed by atoms with Crippen molar-refractivity contribution in [2.24, 2.45) is 0 Å². The third-order valence-corrected chi connectivity index (χ3v) is 5.64. The van der Waals surface area contributed by atoms with Gasteiger partial charge in [-0.2, -0.15) is 0 Å². The first-order valence-electron chi connectivity index (χ1n) is 10.2. The topological polar surface area (TPSA) is 50.2 Å². The maximum Gasteiger partial charge on any atom is 0.221 e. The Bertz CT molecular complexity index is 934. The van der Waals surface area contributed by atoms with Crippen LogP contribution >= 0.6 is 11.6 Å². The Balaban J connectivity index is 1.78. The molecule has 0 unspecified atom stereocenters. The number of aryl methyl sites for hydroxylation is 1. The highest BCUT2D eigenvalue weighted by molar-refractivity contribution is 6.30. The summed E-state index contributed by atoms with van der Waals surface area (Å²) < 4.78 is 2.11. The van der Waals surface area contributed by atoms with Gasteiger partial charge in [-0.3, -0.25) is 9.69 Å². The zero-order valence-electron chi connectivity index (χ0n) is 17.8. The molecule has 0 aliphatic rings. The summed E-state index contributed by atoms with van der Waals surface area (Å²) >= 11 is 6.07. The Hall–Kier alpha value is -2.63. The predicted molar refractivity (Wildman–Crippen MR) is 122 cm³/mol.